The van der Waals surface area contributed by atoms with Gasteiger partial charge in [0.15, 0.2) is 5.82 Å². The van der Waals surface area contributed by atoms with Crippen molar-refractivity contribution in [2.45, 2.75) is 25.3 Å². The van der Waals surface area contributed by atoms with Gasteiger partial charge in [0.1, 0.15) is 5.75 Å². The number of nitrogens with one attached hydrogen (secondary N) is 1. The van der Waals surface area contributed by atoms with Crippen LogP contribution >= 0.6 is 11.6 Å². The van der Waals surface area contributed by atoms with Gasteiger partial charge in [0.05, 0.1) is 5.02 Å². The fourth-order valence-corrected chi connectivity index (χ4v) is 2.81. The fraction of sp³-hybridized carbons (Fsp3) is 0.333. The van der Waals surface area contributed by atoms with Crippen LogP contribution in [0.1, 0.15) is 30.1 Å². The van der Waals surface area contributed by atoms with Crippen LogP contribution in [-0.2, 0) is 6.42 Å². The van der Waals surface area contributed by atoms with Crippen molar-refractivity contribution in [3.8, 4) is 17.1 Å². The first-order valence-electron chi connectivity index (χ1n) is 6.71. The first-order chi connectivity index (χ1) is 9.69. The highest BCUT2D eigenvalue weighted by Gasteiger charge is 2.21. The van der Waals surface area contributed by atoms with Crippen molar-refractivity contribution < 1.29 is 5.11 Å². The molecule has 20 heavy (non-hydrogen) atoms. The number of hydrogen-bond acceptors (Lipinski definition) is 4. The van der Waals surface area contributed by atoms with Gasteiger partial charge in [-0.15, -0.1) is 0 Å². The molecule has 1 unspecified atom stereocenters. The summed E-state index contributed by atoms with van der Waals surface area (Å²) in [7, 11) is 1.97. The standard InChI is InChI=1S/C15H16ClN3O/c1-17-12-3-2-4-13-10(12)8-18-15(19-13)9-5-6-14(20)11(16)7-9/h5-8,12,17,20H,2-4H2,1H3. The molecule has 1 aliphatic rings. The number of nitrogens with zero attached hydrogens (tertiary/aromatic N) is 2. The van der Waals surface area contributed by atoms with Gasteiger partial charge in [-0.1, -0.05) is 11.6 Å². The Hall–Kier alpha value is -1.65. The van der Waals surface area contributed by atoms with Gasteiger partial charge < -0.3 is 10.4 Å². The number of aromatic nitrogens is 2. The Morgan fingerprint density at radius 1 is 1.40 bits per heavy atom. The predicted molar refractivity (Wildman–Crippen MR) is 78.9 cm³/mol. The Morgan fingerprint density at radius 2 is 2.25 bits per heavy atom. The molecule has 0 bridgehead atoms. The number of benzene rings is 1. The van der Waals surface area contributed by atoms with Crippen LogP contribution in [0.5, 0.6) is 5.75 Å². The Bertz CT molecular complexity index is 645. The second kappa shape index (κ2) is 5.38. The second-order valence-corrected chi connectivity index (χ2v) is 5.40. The maximum atomic E-state index is 9.47. The average molecular weight is 290 g/mol. The zero-order valence-corrected chi connectivity index (χ0v) is 12.0. The lowest BCUT2D eigenvalue weighted by molar-refractivity contribution is 0.475. The zero-order chi connectivity index (χ0) is 14.1. The molecular weight excluding hydrogens is 274 g/mol. The molecule has 0 saturated carbocycles. The smallest absolute Gasteiger partial charge is 0.159 e. The molecule has 1 aliphatic carbocycles. The van der Waals surface area contributed by atoms with Gasteiger partial charge in [-0.25, -0.2) is 9.97 Å². The summed E-state index contributed by atoms with van der Waals surface area (Å²) >= 11 is 5.94. The van der Waals surface area contributed by atoms with Crippen molar-refractivity contribution in [3.63, 3.8) is 0 Å². The number of hydrogen-bond donors (Lipinski definition) is 2. The van der Waals surface area contributed by atoms with Crippen molar-refractivity contribution in [2.75, 3.05) is 7.05 Å². The normalized spacial score (nSPS) is 17.8. The fourth-order valence-electron chi connectivity index (χ4n) is 2.63. The maximum absolute atomic E-state index is 9.47. The van der Waals surface area contributed by atoms with Crippen LogP contribution in [0, 0.1) is 0 Å². The average Bonchev–Trinajstić information content (AvgIpc) is 2.48. The number of halogens is 1. The molecule has 1 heterocycles. The molecule has 0 saturated heterocycles. The topological polar surface area (TPSA) is 58.0 Å². The summed E-state index contributed by atoms with van der Waals surface area (Å²) in [4.78, 5) is 9.10. The van der Waals surface area contributed by atoms with Gasteiger partial charge in [-0.3, -0.25) is 0 Å². The highest BCUT2D eigenvalue weighted by molar-refractivity contribution is 6.32. The molecule has 2 N–H and O–H groups in total. The number of fused-ring (bicyclic) bond motifs is 1. The van der Waals surface area contributed by atoms with E-state index < -0.39 is 0 Å². The van der Waals surface area contributed by atoms with E-state index in [1.165, 1.54) is 5.56 Å². The molecule has 0 aliphatic heterocycles. The van der Waals surface area contributed by atoms with E-state index in [9.17, 15) is 5.11 Å². The van der Waals surface area contributed by atoms with E-state index in [0.29, 0.717) is 16.9 Å². The minimum absolute atomic E-state index is 0.0728. The van der Waals surface area contributed by atoms with E-state index in [-0.39, 0.29) is 5.75 Å². The number of phenols is 1. The van der Waals surface area contributed by atoms with Crippen molar-refractivity contribution >= 4 is 11.6 Å². The number of phenolic OH excluding ortho intramolecular Hbond substituents is 1. The van der Waals surface area contributed by atoms with Gasteiger partial charge in [0, 0.05) is 29.1 Å². The first-order valence-corrected chi connectivity index (χ1v) is 7.09. The lowest BCUT2D eigenvalue weighted by Gasteiger charge is -2.24. The van der Waals surface area contributed by atoms with Crippen molar-refractivity contribution in [3.05, 3.63) is 40.7 Å². The van der Waals surface area contributed by atoms with Crippen LogP contribution in [0.3, 0.4) is 0 Å². The molecule has 104 valence electrons. The van der Waals surface area contributed by atoms with E-state index >= 15 is 0 Å². The van der Waals surface area contributed by atoms with Crippen LogP contribution < -0.4 is 5.32 Å². The molecule has 0 amide bonds. The number of aromatic hydroxyl groups is 1. The highest BCUT2D eigenvalue weighted by Crippen LogP contribution is 2.31. The van der Waals surface area contributed by atoms with E-state index in [0.717, 1.165) is 30.5 Å². The molecule has 0 spiro atoms. The monoisotopic (exact) mass is 289 g/mol. The van der Waals surface area contributed by atoms with Gasteiger partial charge in [0.2, 0.25) is 0 Å². The SMILES string of the molecule is CNC1CCCc2nc(-c3ccc(O)c(Cl)c3)ncc21. The summed E-state index contributed by atoms with van der Waals surface area (Å²) in [5.74, 6) is 0.728. The summed E-state index contributed by atoms with van der Waals surface area (Å²) in [5, 5.41) is 13.1. The highest BCUT2D eigenvalue weighted by atomic mass is 35.5. The molecule has 0 radical (unpaired) electrons. The summed E-state index contributed by atoms with van der Waals surface area (Å²) in [6.07, 6.45) is 5.14. The molecule has 1 aromatic heterocycles. The Balaban J connectivity index is 2.01. The minimum atomic E-state index is 0.0728. The third-order valence-electron chi connectivity index (χ3n) is 3.74. The lowest BCUT2D eigenvalue weighted by Crippen LogP contribution is -2.22. The lowest BCUT2D eigenvalue weighted by atomic mass is 9.92. The predicted octanol–water partition coefficient (Wildman–Crippen LogP) is 3.10. The van der Waals surface area contributed by atoms with Crippen molar-refractivity contribution in [2.24, 2.45) is 0 Å². The number of rotatable bonds is 2. The third-order valence-corrected chi connectivity index (χ3v) is 4.04. The molecular formula is C15H16ClN3O. The van der Waals surface area contributed by atoms with Crippen molar-refractivity contribution in [1.29, 1.82) is 0 Å². The van der Waals surface area contributed by atoms with Gasteiger partial charge in [-0.2, -0.15) is 0 Å². The Kier molecular flexibility index (Phi) is 3.59. The molecule has 4 nitrogen and oxygen atoms in total. The molecule has 3 rings (SSSR count). The van der Waals surface area contributed by atoms with Gasteiger partial charge in [-0.05, 0) is 44.5 Å². The third kappa shape index (κ3) is 2.37. The largest absolute Gasteiger partial charge is 0.506 e. The maximum Gasteiger partial charge on any atom is 0.159 e. The number of aryl methyl sites for hydroxylation is 1. The van der Waals surface area contributed by atoms with E-state index in [2.05, 4.69) is 15.3 Å². The molecule has 5 heteroatoms. The van der Waals surface area contributed by atoms with Gasteiger partial charge >= 0.3 is 0 Å². The zero-order valence-electron chi connectivity index (χ0n) is 11.2. The minimum Gasteiger partial charge on any atom is -0.506 e. The molecule has 0 fully saturated rings. The summed E-state index contributed by atoms with van der Waals surface area (Å²) in [5.41, 5.74) is 3.11. The summed E-state index contributed by atoms with van der Waals surface area (Å²) < 4.78 is 0. The Labute approximate surface area is 122 Å². The first kappa shape index (κ1) is 13.3. The quantitative estimate of drug-likeness (QED) is 0.892. The molecule has 1 atom stereocenters. The molecule has 2 aromatic rings. The van der Waals surface area contributed by atoms with E-state index in [4.69, 9.17) is 11.6 Å². The van der Waals surface area contributed by atoms with Crippen molar-refractivity contribution in [1.82, 2.24) is 15.3 Å². The van der Waals surface area contributed by atoms with Gasteiger partial charge in [0.25, 0.3) is 0 Å². The van der Waals surface area contributed by atoms with Crippen LogP contribution in [-0.4, -0.2) is 22.1 Å². The van der Waals surface area contributed by atoms with Crippen LogP contribution in [0.15, 0.2) is 24.4 Å². The van der Waals surface area contributed by atoms with Crippen LogP contribution in [0.25, 0.3) is 11.4 Å². The Morgan fingerprint density at radius 3 is 3.00 bits per heavy atom. The van der Waals surface area contributed by atoms with Crippen LogP contribution in [0.2, 0.25) is 5.02 Å². The van der Waals surface area contributed by atoms with Crippen LogP contribution in [0.4, 0.5) is 0 Å². The summed E-state index contributed by atoms with van der Waals surface area (Å²) in [6.45, 7) is 0. The second-order valence-electron chi connectivity index (χ2n) is 5.00. The summed E-state index contributed by atoms with van der Waals surface area (Å²) in [6, 6.07) is 5.38. The van der Waals surface area contributed by atoms with E-state index in [1.807, 2.05) is 13.2 Å². The molecule has 1 aromatic carbocycles. The van der Waals surface area contributed by atoms with E-state index in [1.54, 1.807) is 18.2 Å².